The van der Waals surface area contributed by atoms with Gasteiger partial charge in [0.05, 0.1) is 10.0 Å². The minimum absolute atomic E-state index is 0.0570. The fourth-order valence-corrected chi connectivity index (χ4v) is 6.91. The van der Waals surface area contributed by atoms with Crippen molar-refractivity contribution in [1.82, 2.24) is 9.80 Å². The second kappa shape index (κ2) is 17.7. The fraction of sp³-hybridized carbons (Fsp3) is 0.432. The lowest BCUT2D eigenvalue weighted by molar-refractivity contribution is -0.194. The Balaban J connectivity index is 0.000000679. The van der Waals surface area contributed by atoms with E-state index in [9.17, 15) is 27.2 Å². The number of carbonyl (C=O) groups is 3. The molecule has 6 rings (SSSR count). The van der Waals surface area contributed by atoms with Gasteiger partial charge in [0, 0.05) is 42.4 Å². The number of hydrogen-bond donors (Lipinski definition) is 1. The van der Waals surface area contributed by atoms with Gasteiger partial charge in [0.2, 0.25) is 5.91 Å². The molecule has 9 nitrogen and oxygen atoms in total. The van der Waals surface area contributed by atoms with Gasteiger partial charge in [-0.25, -0.2) is 9.18 Å². The Morgan fingerprint density at radius 3 is 2.19 bits per heavy atom. The smallest absolute Gasteiger partial charge is 0.475 e. The van der Waals surface area contributed by atoms with E-state index in [2.05, 4.69) is 4.90 Å². The minimum Gasteiger partial charge on any atom is -0.475 e. The van der Waals surface area contributed by atoms with Crippen molar-refractivity contribution in [2.75, 3.05) is 44.2 Å². The summed E-state index contributed by atoms with van der Waals surface area (Å²) < 4.78 is 45.0. The number of anilines is 1. The van der Waals surface area contributed by atoms with Gasteiger partial charge in [-0.2, -0.15) is 18.1 Å². The molecule has 3 aliphatic rings. The van der Waals surface area contributed by atoms with E-state index in [1.807, 2.05) is 34.1 Å². The van der Waals surface area contributed by atoms with Crippen LogP contribution in [-0.4, -0.2) is 78.1 Å². The van der Waals surface area contributed by atoms with Crippen LogP contribution in [0.2, 0.25) is 10.0 Å². The molecule has 2 amide bonds. The molecule has 52 heavy (non-hydrogen) atoms. The number of aliphatic carboxylic acids is 1. The quantitative estimate of drug-likeness (QED) is 0.175. The van der Waals surface area contributed by atoms with Crippen molar-refractivity contribution in [3.63, 3.8) is 0 Å². The van der Waals surface area contributed by atoms with Crippen molar-refractivity contribution < 1.29 is 46.8 Å². The molecule has 0 atom stereocenters. The standard InChI is InChI=1S/C35H38Cl2FN3O4.C2HF3O2/c36-31-9-8-30(22-32(31)37)41(15-1-14-39-16-10-25(11-17-39)20-24-2-6-29(38)7-3-24)35(43)26-12-18-40(19-13-26)34(42)27-4-5-28-23-44-45-33(28)21-27;3-2(4,5)1(6)7/h2-9,21-22,25-26H,1,10-20,23H2;(H,6,7). The highest BCUT2D eigenvalue weighted by molar-refractivity contribution is 6.42. The van der Waals surface area contributed by atoms with Crippen molar-refractivity contribution in [3.05, 3.63) is 93.2 Å². The van der Waals surface area contributed by atoms with E-state index in [0.717, 1.165) is 56.6 Å². The number of benzene rings is 3. The van der Waals surface area contributed by atoms with Crippen molar-refractivity contribution >= 4 is 46.7 Å². The molecule has 2 saturated heterocycles. The number of fused-ring (bicyclic) bond motifs is 1. The summed E-state index contributed by atoms with van der Waals surface area (Å²) in [6, 6.07) is 17.6. The molecule has 0 aromatic heterocycles. The van der Waals surface area contributed by atoms with Gasteiger partial charge in [-0.15, -0.1) is 0 Å². The minimum atomic E-state index is -5.08. The van der Waals surface area contributed by atoms with Crippen LogP contribution in [0.25, 0.3) is 0 Å². The lowest BCUT2D eigenvalue weighted by atomic mass is 9.90. The van der Waals surface area contributed by atoms with Gasteiger partial charge in [-0.05, 0) is 112 Å². The van der Waals surface area contributed by atoms with E-state index < -0.39 is 12.1 Å². The van der Waals surface area contributed by atoms with Gasteiger partial charge in [-0.1, -0.05) is 41.4 Å². The van der Waals surface area contributed by atoms with E-state index in [1.54, 1.807) is 24.3 Å². The number of rotatable bonds is 9. The van der Waals surface area contributed by atoms with Crippen molar-refractivity contribution in [2.45, 2.75) is 51.3 Å². The lowest BCUT2D eigenvalue weighted by Crippen LogP contribution is -2.45. The summed E-state index contributed by atoms with van der Waals surface area (Å²) in [6.45, 7) is 4.89. The molecular formula is C37H39Cl2F4N3O6. The molecule has 2 fully saturated rings. The van der Waals surface area contributed by atoms with Crippen LogP contribution < -0.4 is 9.79 Å². The first-order valence-corrected chi connectivity index (χ1v) is 17.8. The van der Waals surface area contributed by atoms with Gasteiger partial charge >= 0.3 is 12.1 Å². The summed E-state index contributed by atoms with van der Waals surface area (Å²) in [5.74, 6) is -1.97. The van der Waals surface area contributed by atoms with E-state index >= 15 is 0 Å². The zero-order valence-corrected chi connectivity index (χ0v) is 29.7. The SMILES string of the molecule is O=C(O)C(F)(F)F.O=C(c1ccc2c(c1)OOC2)N1CCC(C(=O)N(CCCN2CCC(Cc3ccc(F)cc3)CC2)c2ccc(Cl)c(Cl)c2)CC1. The normalized spacial score (nSPS) is 16.8. The highest BCUT2D eigenvalue weighted by Crippen LogP contribution is 2.32. The third-order valence-corrected chi connectivity index (χ3v) is 10.3. The molecule has 15 heteroatoms. The number of alkyl halides is 3. The Hall–Kier alpha value is -3.91. The highest BCUT2D eigenvalue weighted by Gasteiger charge is 2.38. The molecule has 3 aliphatic heterocycles. The number of piperidine rings is 2. The van der Waals surface area contributed by atoms with Gasteiger partial charge in [0.1, 0.15) is 12.4 Å². The zero-order chi connectivity index (χ0) is 37.4. The Kier molecular flexibility index (Phi) is 13.4. The average Bonchev–Trinajstić information content (AvgIpc) is 3.61. The van der Waals surface area contributed by atoms with Gasteiger partial charge in [0.25, 0.3) is 5.91 Å². The maximum Gasteiger partial charge on any atom is 0.490 e. The molecule has 0 radical (unpaired) electrons. The topological polar surface area (TPSA) is 99.6 Å². The van der Waals surface area contributed by atoms with E-state index in [0.29, 0.717) is 66.4 Å². The molecule has 0 aliphatic carbocycles. The summed E-state index contributed by atoms with van der Waals surface area (Å²) in [7, 11) is 0. The van der Waals surface area contributed by atoms with Crippen LogP contribution in [0, 0.1) is 17.7 Å². The van der Waals surface area contributed by atoms with E-state index in [4.69, 9.17) is 42.9 Å². The number of halogens is 6. The molecule has 0 unspecified atom stereocenters. The van der Waals surface area contributed by atoms with Gasteiger partial charge < -0.3 is 24.7 Å². The van der Waals surface area contributed by atoms with Crippen molar-refractivity contribution in [3.8, 4) is 5.75 Å². The first kappa shape index (κ1) is 39.3. The predicted molar refractivity (Wildman–Crippen MR) is 187 cm³/mol. The van der Waals surface area contributed by atoms with Crippen molar-refractivity contribution in [2.24, 2.45) is 11.8 Å². The van der Waals surface area contributed by atoms with Crippen LogP contribution in [0.3, 0.4) is 0 Å². The Labute approximate surface area is 308 Å². The van der Waals surface area contributed by atoms with Crippen LogP contribution in [0.4, 0.5) is 23.2 Å². The molecule has 0 bridgehead atoms. The maximum atomic E-state index is 14.0. The monoisotopic (exact) mass is 767 g/mol. The number of amides is 2. The van der Waals surface area contributed by atoms with Crippen LogP contribution >= 0.6 is 23.2 Å². The second-order valence-electron chi connectivity index (χ2n) is 13.1. The van der Waals surface area contributed by atoms with Crippen LogP contribution in [0.1, 0.15) is 53.6 Å². The molecule has 3 aromatic rings. The van der Waals surface area contributed by atoms with Crippen molar-refractivity contribution in [1.29, 1.82) is 0 Å². The maximum absolute atomic E-state index is 14.0. The Morgan fingerprint density at radius 2 is 1.56 bits per heavy atom. The van der Waals surface area contributed by atoms with E-state index in [1.165, 1.54) is 17.7 Å². The van der Waals surface area contributed by atoms with Crippen LogP contribution in [-0.2, 0) is 27.5 Å². The third-order valence-electron chi connectivity index (χ3n) is 9.53. The molecule has 3 aromatic carbocycles. The zero-order valence-electron chi connectivity index (χ0n) is 28.2. The Morgan fingerprint density at radius 1 is 0.885 bits per heavy atom. The van der Waals surface area contributed by atoms with Gasteiger partial charge in [0.15, 0.2) is 5.75 Å². The molecule has 0 saturated carbocycles. The highest BCUT2D eigenvalue weighted by atomic mass is 35.5. The van der Waals surface area contributed by atoms with Crippen LogP contribution in [0.15, 0.2) is 60.7 Å². The number of nitrogens with zero attached hydrogens (tertiary/aromatic N) is 3. The predicted octanol–water partition coefficient (Wildman–Crippen LogP) is 7.82. The summed E-state index contributed by atoms with van der Waals surface area (Å²) in [4.78, 5) is 52.4. The van der Waals surface area contributed by atoms with Crippen LogP contribution in [0.5, 0.6) is 5.75 Å². The number of carboxylic acid groups (broad SMARTS) is 1. The summed E-state index contributed by atoms with van der Waals surface area (Å²) in [5, 5.41) is 7.99. The molecule has 1 N–H and O–H groups in total. The van der Waals surface area contributed by atoms with E-state index in [-0.39, 0.29) is 23.5 Å². The lowest BCUT2D eigenvalue weighted by Gasteiger charge is -2.35. The third kappa shape index (κ3) is 10.6. The summed E-state index contributed by atoms with van der Waals surface area (Å²) in [6.07, 6.45) is 0.126. The first-order valence-electron chi connectivity index (χ1n) is 17.0. The molecule has 0 spiro atoms. The number of hydrogen-bond acceptors (Lipinski definition) is 6. The second-order valence-corrected chi connectivity index (χ2v) is 13.9. The molecular weight excluding hydrogens is 729 g/mol. The molecule has 280 valence electrons. The number of carboxylic acids is 1. The largest absolute Gasteiger partial charge is 0.490 e. The Bertz CT molecular complexity index is 1710. The summed E-state index contributed by atoms with van der Waals surface area (Å²) >= 11 is 12.6. The average molecular weight is 769 g/mol. The number of carbonyl (C=O) groups excluding carboxylic acids is 2. The number of likely N-dealkylation sites (tertiary alicyclic amines) is 2. The van der Waals surface area contributed by atoms with Gasteiger partial charge in [-0.3, -0.25) is 9.59 Å². The summed E-state index contributed by atoms with van der Waals surface area (Å²) in [5.41, 5.74) is 3.41. The fourth-order valence-electron chi connectivity index (χ4n) is 6.61. The molecule has 3 heterocycles. The first-order chi connectivity index (χ1) is 24.8.